The van der Waals surface area contributed by atoms with Gasteiger partial charge in [-0.15, -0.1) is 0 Å². The van der Waals surface area contributed by atoms with Gasteiger partial charge in [0.2, 0.25) is 0 Å². The maximum atomic E-state index is 13.3. The molecule has 190 valence electrons. The summed E-state index contributed by atoms with van der Waals surface area (Å²) in [4.78, 5) is 12.6. The molecule has 1 amide bonds. The number of carbonyl (C=O) groups excluding carboxylic acids is 1. The van der Waals surface area contributed by atoms with Crippen LogP contribution in [0.2, 0.25) is 0 Å². The number of aryl methyl sites for hydroxylation is 1. The second kappa shape index (κ2) is 10.9. The number of para-hydroxylation sites is 1. The number of sulfonamides is 1. The molecule has 1 aliphatic rings. The van der Waals surface area contributed by atoms with Crippen LogP contribution in [0.1, 0.15) is 30.5 Å². The van der Waals surface area contributed by atoms with Gasteiger partial charge in [0.15, 0.2) is 18.1 Å². The number of ether oxygens (including phenoxy) is 3. The van der Waals surface area contributed by atoms with E-state index < -0.39 is 10.0 Å². The number of hydrogen-bond donors (Lipinski definition) is 1. The normalized spacial score (nSPS) is 13.9. The lowest BCUT2D eigenvalue weighted by atomic mass is 10.0. The molecule has 0 fully saturated rings. The summed E-state index contributed by atoms with van der Waals surface area (Å²) in [5.41, 5.74) is 2.61. The number of rotatable bonds is 9. The topological polar surface area (TPSA) is 94.2 Å². The van der Waals surface area contributed by atoms with Crippen LogP contribution in [0.5, 0.6) is 17.2 Å². The van der Waals surface area contributed by atoms with Crippen molar-refractivity contribution >= 4 is 21.6 Å². The van der Waals surface area contributed by atoms with E-state index in [9.17, 15) is 13.2 Å². The first kappa shape index (κ1) is 25.4. The van der Waals surface area contributed by atoms with Gasteiger partial charge in [-0.2, -0.15) is 0 Å². The van der Waals surface area contributed by atoms with Gasteiger partial charge >= 0.3 is 0 Å². The van der Waals surface area contributed by atoms with E-state index in [1.165, 1.54) is 16.4 Å². The van der Waals surface area contributed by atoms with Crippen LogP contribution in [0.4, 0.5) is 5.69 Å². The zero-order valence-electron chi connectivity index (χ0n) is 20.6. The van der Waals surface area contributed by atoms with Crippen molar-refractivity contribution in [2.24, 2.45) is 0 Å². The van der Waals surface area contributed by atoms with E-state index in [2.05, 4.69) is 5.32 Å². The highest BCUT2D eigenvalue weighted by Crippen LogP contribution is 2.32. The first-order chi connectivity index (χ1) is 17.3. The Morgan fingerprint density at radius 1 is 1.00 bits per heavy atom. The first-order valence-electron chi connectivity index (χ1n) is 11.7. The SMILES string of the molecule is COc1ccc([C@H](C)NC(=O)COc2ccc(S(=O)(=O)N3CCCc4ccccc43)cc2)cc1OC. The summed E-state index contributed by atoms with van der Waals surface area (Å²) in [6.45, 7) is 2.09. The Balaban J connectivity index is 1.36. The van der Waals surface area contributed by atoms with Crippen LogP contribution in [0, 0.1) is 0 Å². The van der Waals surface area contributed by atoms with Crippen LogP contribution < -0.4 is 23.8 Å². The summed E-state index contributed by atoms with van der Waals surface area (Å²) in [5, 5.41) is 2.88. The van der Waals surface area contributed by atoms with E-state index in [0.717, 1.165) is 29.7 Å². The van der Waals surface area contributed by atoms with Crippen molar-refractivity contribution in [2.45, 2.75) is 30.7 Å². The van der Waals surface area contributed by atoms with Gasteiger partial charge in [-0.1, -0.05) is 24.3 Å². The molecule has 1 atom stereocenters. The van der Waals surface area contributed by atoms with Crippen molar-refractivity contribution in [1.82, 2.24) is 5.32 Å². The smallest absolute Gasteiger partial charge is 0.264 e. The molecule has 8 nitrogen and oxygen atoms in total. The zero-order chi connectivity index (χ0) is 25.7. The molecule has 9 heteroatoms. The minimum atomic E-state index is -3.70. The summed E-state index contributed by atoms with van der Waals surface area (Å²) < 4.78 is 44.2. The summed E-state index contributed by atoms with van der Waals surface area (Å²) in [6.07, 6.45) is 1.63. The summed E-state index contributed by atoms with van der Waals surface area (Å²) >= 11 is 0. The molecule has 1 heterocycles. The molecular formula is C27H30N2O6S. The molecule has 3 aromatic rings. The van der Waals surface area contributed by atoms with Gasteiger partial charge in [-0.25, -0.2) is 8.42 Å². The maximum absolute atomic E-state index is 13.3. The van der Waals surface area contributed by atoms with Gasteiger partial charge in [0.1, 0.15) is 5.75 Å². The van der Waals surface area contributed by atoms with E-state index in [0.29, 0.717) is 23.8 Å². The molecule has 0 spiro atoms. The number of amides is 1. The lowest BCUT2D eigenvalue weighted by Gasteiger charge is -2.30. The molecule has 1 aliphatic heterocycles. The number of hydrogen-bond acceptors (Lipinski definition) is 6. The van der Waals surface area contributed by atoms with Crippen molar-refractivity contribution in [3.63, 3.8) is 0 Å². The van der Waals surface area contributed by atoms with Gasteiger partial charge in [0.25, 0.3) is 15.9 Å². The number of methoxy groups -OCH3 is 2. The first-order valence-corrected chi connectivity index (χ1v) is 13.1. The van der Waals surface area contributed by atoms with E-state index in [4.69, 9.17) is 14.2 Å². The van der Waals surface area contributed by atoms with Crippen LogP contribution in [0.3, 0.4) is 0 Å². The number of carbonyl (C=O) groups is 1. The Hall–Kier alpha value is -3.72. The Bertz CT molecular complexity index is 1320. The van der Waals surface area contributed by atoms with Crippen LogP contribution in [-0.2, 0) is 21.2 Å². The highest BCUT2D eigenvalue weighted by atomic mass is 32.2. The van der Waals surface area contributed by atoms with E-state index in [-0.39, 0.29) is 23.5 Å². The van der Waals surface area contributed by atoms with Crippen molar-refractivity contribution in [3.05, 3.63) is 77.9 Å². The number of nitrogens with one attached hydrogen (secondary N) is 1. The third kappa shape index (κ3) is 5.41. The molecule has 0 saturated carbocycles. The molecule has 0 saturated heterocycles. The Kier molecular flexibility index (Phi) is 7.69. The third-order valence-corrected chi connectivity index (χ3v) is 7.96. The molecule has 3 aromatic carbocycles. The monoisotopic (exact) mass is 510 g/mol. The van der Waals surface area contributed by atoms with Crippen LogP contribution >= 0.6 is 0 Å². The molecule has 36 heavy (non-hydrogen) atoms. The Labute approximate surface area is 211 Å². The molecule has 0 radical (unpaired) electrons. The van der Waals surface area contributed by atoms with Crippen molar-refractivity contribution in [2.75, 3.05) is 31.7 Å². The van der Waals surface area contributed by atoms with Gasteiger partial charge in [0.05, 0.1) is 30.8 Å². The van der Waals surface area contributed by atoms with E-state index in [1.54, 1.807) is 32.4 Å². The molecule has 0 bridgehead atoms. The fourth-order valence-electron chi connectivity index (χ4n) is 4.22. The molecule has 4 rings (SSSR count). The quantitative estimate of drug-likeness (QED) is 0.466. The number of nitrogens with zero attached hydrogens (tertiary/aromatic N) is 1. The molecule has 0 aromatic heterocycles. The third-order valence-electron chi connectivity index (χ3n) is 6.13. The summed E-state index contributed by atoms with van der Waals surface area (Å²) in [7, 11) is -0.581. The van der Waals surface area contributed by atoms with Gasteiger partial charge < -0.3 is 19.5 Å². The van der Waals surface area contributed by atoms with E-state index >= 15 is 0 Å². The largest absolute Gasteiger partial charge is 0.493 e. The Morgan fingerprint density at radius 2 is 1.72 bits per heavy atom. The highest BCUT2D eigenvalue weighted by molar-refractivity contribution is 7.92. The van der Waals surface area contributed by atoms with Crippen LogP contribution in [0.25, 0.3) is 0 Å². The average molecular weight is 511 g/mol. The van der Waals surface area contributed by atoms with Crippen molar-refractivity contribution in [1.29, 1.82) is 0 Å². The molecule has 0 aliphatic carbocycles. The van der Waals surface area contributed by atoms with Gasteiger partial charge in [0, 0.05) is 6.54 Å². The maximum Gasteiger partial charge on any atom is 0.264 e. The van der Waals surface area contributed by atoms with Gasteiger partial charge in [-0.3, -0.25) is 9.10 Å². The minimum Gasteiger partial charge on any atom is -0.493 e. The fraction of sp³-hybridized carbons (Fsp3) is 0.296. The standard InChI is InChI=1S/C27H30N2O6S/c1-19(21-10-15-25(33-2)26(17-21)34-3)28-27(30)18-35-22-11-13-23(14-12-22)36(31,32)29-16-6-8-20-7-4-5-9-24(20)29/h4-5,7,9-15,17,19H,6,8,16,18H2,1-3H3,(H,28,30)/t19-/m0/s1. The van der Waals surface area contributed by atoms with Crippen LogP contribution in [-0.4, -0.2) is 41.7 Å². The predicted octanol–water partition coefficient (Wildman–Crippen LogP) is 4.10. The molecular weight excluding hydrogens is 480 g/mol. The van der Waals surface area contributed by atoms with Gasteiger partial charge in [-0.05, 0) is 73.4 Å². The Morgan fingerprint density at radius 3 is 2.44 bits per heavy atom. The highest BCUT2D eigenvalue weighted by Gasteiger charge is 2.28. The van der Waals surface area contributed by atoms with E-state index in [1.807, 2.05) is 43.3 Å². The predicted molar refractivity (Wildman–Crippen MR) is 137 cm³/mol. The zero-order valence-corrected chi connectivity index (χ0v) is 21.4. The summed E-state index contributed by atoms with van der Waals surface area (Å²) in [5.74, 6) is 1.29. The lowest BCUT2D eigenvalue weighted by molar-refractivity contribution is -0.123. The van der Waals surface area contributed by atoms with Crippen LogP contribution in [0.15, 0.2) is 71.6 Å². The molecule has 0 unspecified atom stereocenters. The second-order valence-corrected chi connectivity index (χ2v) is 10.3. The number of benzene rings is 3. The second-order valence-electron chi connectivity index (χ2n) is 8.47. The van der Waals surface area contributed by atoms with Crippen molar-refractivity contribution < 1.29 is 27.4 Å². The van der Waals surface area contributed by atoms with Crippen molar-refractivity contribution in [3.8, 4) is 17.2 Å². The average Bonchev–Trinajstić information content (AvgIpc) is 2.91. The molecule has 1 N–H and O–H groups in total. The lowest BCUT2D eigenvalue weighted by Crippen LogP contribution is -2.35. The minimum absolute atomic E-state index is 0.179. The number of anilines is 1. The summed E-state index contributed by atoms with van der Waals surface area (Å²) in [6, 6.07) is 18.9. The number of fused-ring (bicyclic) bond motifs is 1. The fourth-order valence-corrected chi connectivity index (χ4v) is 5.76.